The third kappa shape index (κ3) is 3.07. The van der Waals surface area contributed by atoms with Crippen molar-refractivity contribution >= 4 is 10.8 Å². The maximum Gasteiger partial charge on any atom is 0.0484 e. The van der Waals surface area contributed by atoms with Gasteiger partial charge in [-0.2, -0.15) is 0 Å². The van der Waals surface area contributed by atoms with E-state index in [2.05, 4.69) is 33.6 Å². The molecule has 0 aliphatic carbocycles. The van der Waals surface area contributed by atoms with Crippen LogP contribution in [0, 0.1) is 0 Å². The minimum Gasteiger partial charge on any atom is -0.271 e. The van der Waals surface area contributed by atoms with Crippen molar-refractivity contribution in [3.8, 4) is 0 Å². The zero-order valence-electron chi connectivity index (χ0n) is 11.7. The second-order valence-electron chi connectivity index (χ2n) is 5.07. The first kappa shape index (κ1) is 13.7. The van der Waals surface area contributed by atoms with E-state index in [1.54, 1.807) is 6.20 Å². The van der Waals surface area contributed by atoms with Crippen LogP contribution in [0.3, 0.4) is 0 Å². The minimum absolute atomic E-state index is 0.0730. The lowest BCUT2D eigenvalue weighted by Gasteiger charge is -2.18. The predicted molar refractivity (Wildman–Crippen MR) is 84.4 cm³/mol. The Balaban J connectivity index is 1.85. The van der Waals surface area contributed by atoms with Crippen molar-refractivity contribution in [1.29, 1.82) is 0 Å². The lowest BCUT2D eigenvalue weighted by molar-refractivity contribution is 0.518. The lowest BCUT2D eigenvalue weighted by Crippen LogP contribution is -2.28. The van der Waals surface area contributed by atoms with Crippen molar-refractivity contribution in [3.05, 3.63) is 72.3 Å². The molecule has 0 amide bonds. The monoisotopic (exact) mass is 278 g/mol. The molecule has 3 aromatic rings. The molecule has 0 saturated heterocycles. The van der Waals surface area contributed by atoms with E-state index >= 15 is 0 Å². The quantitative estimate of drug-likeness (QED) is 0.556. The topological polar surface area (TPSA) is 63.8 Å². The molecule has 0 spiro atoms. The van der Waals surface area contributed by atoms with Crippen molar-refractivity contribution in [2.75, 3.05) is 0 Å². The van der Waals surface area contributed by atoms with Crippen molar-refractivity contribution in [2.45, 2.75) is 18.9 Å². The maximum atomic E-state index is 5.77. The fraction of sp³-hybridized carbons (Fsp3) is 0.176. The standard InChI is InChI=1S/C17H18N4/c18-21-17(8-7-13-4-3-9-19-10-13)16-12-20-11-14-5-1-2-6-15(14)16/h1-6,9-12,17,21H,7-8,18H2. The number of fused-ring (bicyclic) bond motifs is 1. The molecule has 2 aromatic heterocycles. The minimum atomic E-state index is 0.0730. The van der Waals surface area contributed by atoms with Gasteiger partial charge in [-0.15, -0.1) is 0 Å². The van der Waals surface area contributed by atoms with Gasteiger partial charge in [-0.3, -0.25) is 21.2 Å². The Bertz CT molecular complexity index is 707. The average Bonchev–Trinajstić information content (AvgIpc) is 2.56. The van der Waals surface area contributed by atoms with Crippen LogP contribution in [-0.2, 0) is 6.42 Å². The van der Waals surface area contributed by atoms with Gasteiger partial charge in [0.15, 0.2) is 0 Å². The Hall–Kier alpha value is -2.30. The molecule has 3 N–H and O–H groups in total. The van der Waals surface area contributed by atoms with Gasteiger partial charge in [0.25, 0.3) is 0 Å². The number of nitrogens with two attached hydrogens (primary N) is 1. The summed E-state index contributed by atoms with van der Waals surface area (Å²) in [5.74, 6) is 5.77. The number of benzene rings is 1. The van der Waals surface area contributed by atoms with Gasteiger partial charge in [-0.1, -0.05) is 30.3 Å². The third-order valence-corrected chi connectivity index (χ3v) is 3.72. The Kier molecular flexibility index (Phi) is 4.19. The molecule has 1 aromatic carbocycles. The van der Waals surface area contributed by atoms with Crippen molar-refractivity contribution in [2.24, 2.45) is 5.84 Å². The summed E-state index contributed by atoms with van der Waals surface area (Å²) in [6.07, 6.45) is 9.29. The molecule has 0 bridgehead atoms. The van der Waals surface area contributed by atoms with Crippen LogP contribution in [0.15, 0.2) is 61.2 Å². The molecule has 4 heteroatoms. The second kappa shape index (κ2) is 6.43. The first-order chi connectivity index (χ1) is 10.4. The molecule has 3 rings (SSSR count). The second-order valence-corrected chi connectivity index (χ2v) is 5.07. The van der Waals surface area contributed by atoms with Gasteiger partial charge in [-0.05, 0) is 35.4 Å². The summed E-state index contributed by atoms with van der Waals surface area (Å²) in [5.41, 5.74) is 5.27. The Morgan fingerprint density at radius 3 is 2.71 bits per heavy atom. The third-order valence-electron chi connectivity index (χ3n) is 3.72. The Morgan fingerprint density at radius 2 is 1.90 bits per heavy atom. The zero-order chi connectivity index (χ0) is 14.5. The van der Waals surface area contributed by atoms with Crippen molar-refractivity contribution in [3.63, 3.8) is 0 Å². The summed E-state index contributed by atoms with van der Waals surface area (Å²) in [4.78, 5) is 8.48. The van der Waals surface area contributed by atoms with E-state index in [0.717, 1.165) is 23.8 Å². The largest absolute Gasteiger partial charge is 0.271 e. The van der Waals surface area contributed by atoms with Gasteiger partial charge in [0.05, 0.1) is 0 Å². The normalized spacial score (nSPS) is 12.4. The van der Waals surface area contributed by atoms with Crippen molar-refractivity contribution < 1.29 is 0 Å². The maximum absolute atomic E-state index is 5.77. The molecule has 1 unspecified atom stereocenters. The zero-order valence-corrected chi connectivity index (χ0v) is 11.7. The van der Waals surface area contributed by atoms with Crippen LogP contribution in [0.5, 0.6) is 0 Å². The van der Waals surface area contributed by atoms with Crippen LogP contribution in [0.25, 0.3) is 10.8 Å². The molecular formula is C17H18N4. The molecule has 0 radical (unpaired) electrons. The Morgan fingerprint density at radius 1 is 1.00 bits per heavy atom. The molecule has 2 heterocycles. The van der Waals surface area contributed by atoms with Crippen LogP contribution in [-0.4, -0.2) is 9.97 Å². The smallest absolute Gasteiger partial charge is 0.0484 e. The first-order valence-electron chi connectivity index (χ1n) is 7.06. The summed E-state index contributed by atoms with van der Waals surface area (Å²) in [7, 11) is 0. The number of nitrogens with zero attached hydrogens (tertiary/aromatic N) is 2. The van der Waals surface area contributed by atoms with Gasteiger partial charge in [0.2, 0.25) is 0 Å². The van der Waals surface area contributed by atoms with E-state index in [1.807, 2.05) is 36.8 Å². The van der Waals surface area contributed by atoms with E-state index in [0.29, 0.717) is 0 Å². The highest BCUT2D eigenvalue weighted by Gasteiger charge is 2.13. The predicted octanol–water partition coefficient (Wildman–Crippen LogP) is 2.77. The molecular weight excluding hydrogens is 260 g/mol. The first-order valence-corrected chi connectivity index (χ1v) is 7.06. The van der Waals surface area contributed by atoms with Gasteiger partial charge < -0.3 is 0 Å². The van der Waals surface area contributed by atoms with Gasteiger partial charge >= 0.3 is 0 Å². The van der Waals surface area contributed by atoms with Crippen molar-refractivity contribution in [1.82, 2.24) is 15.4 Å². The van der Waals surface area contributed by atoms with E-state index in [1.165, 1.54) is 10.9 Å². The van der Waals surface area contributed by atoms with Crippen LogP contribution in [0.1, 0.15) is 23.6 Å². The number of hydrogen-bond donors (Lipinski definition) is 2. The average molecular weight is 278 g/mol. The number of pyridine rings is 2. The van der Waals surface area contributed by atoms with Gasteiger partial charge in [-0.25, -0.2) is 0 Å². The summed E-state index contributed by atoms with van der Waals surface area (Å²) in [6, 6.07) is 12.4. The van der Waals surface area contributed by atoms with E-state index in [-0.39, 0.29) is 6.04 Å². The highest BCUT2D eigenvalue weighted by Crippen LogP contribution is 2.25. The summed E-state index contributed by atoms with van der Waals surface area (Å²) < 4.78 is 0. The molecule has 4 nitrogen and oxygen atoms in total. The molecule has 0 aliphatic heterocycles. The van der Waals surface area contributed by atoms with Gasteiger partial charge in [0, 0.05) is 36.2 Å². The SMILES string of the molecule is NNC(CCc1cccnc1)c1cncc2ccccc12. The molecule has 21 heavy (non-hydrogen) atoms. The number of hydrazine groups is 1. The fourth-order valence-electron chi connectivity index (χ4n) is 2.60. The summed E-state index contributed by atoms with van der Waals surface area (Å²) in [6.45, 7) is 0. The number of rotatable bonds is 5. The molecule has 1 atom stereocenters. The highest BCUT2D eigenvalue weighted by atomic mass is 15.2. The number of aryl methyl sites for hydroxylation is 1. The fourth-order valence-corrected chi connectivity index (χ4v) is 2.60. The molecule has 0 saturated carbocycles. The number of aromatic nitrogens is 2. The molecule has 106 valence electrons. The van der Waals surface area contributed by atoms with E-state index in [9.17, 15) is 0 Å². The van der Waals surface area contributed by atoms with Gasteiger partial charge in [0.1, 0.15) is 0 Å². The summed E-state index contributed by atoms with van der Waals surface area (Å²) in [5, 5.41) is 2.33. The van der Waals surface area contributed by atoms with Crippen LogP contribution in [0.2, 0.25) is 0 Å². The van der Waals surface area contributed by atoms with E-state index in [4.69, 9.17) is 5.84 Å². The molecule has 0 fully saturated rings. The van der Waals surface area contributed by atoms with E-state index < -0.39 is 0 Å². The molecule has 0 aliphatic rings. The number of nitrogens with one attached hydrogen (secondary N) is 1. The lowest BCUT2D eigenvalue weighted by atomic mass is 9.97. The number of hydrogen-bond acceptors (Lipinski definition) is 4. The van der Waals surface area contributed by atoms with Crippen LogP contribution < -0.4 is 11.3 Å². The Labute approximate surface area is 124 Å². The summed E-state index contributed by atoms with van der Waals surface area (Å²) >= 11 is 0. The van der Waals surface area contributed by atoms with Crippen LogP contribution in [0.4, 0.5) is 0 Å². The highest BCUT2D eigenvalue weighted by molar-refractivity contribution is 5.85. The van der Waals surface area contributed by atoms with Crippen LogP contribution >= 0.6 is 0 Å².